The monoisotopic (exact) mass is 372 g/mol. The third-order valence-electron chi connectivity index (χ3n) is 4.50. The molecule has 28 heavy (non-hydrogen) atoms. The van der Waals surface area contributed by atoms with Gasteiger partial charge in [0, 0.05) is 37.1 Å². The second-order valence-corrected chi connectivity index (χ2v) is 6.66. The number of pyridine rings is 1. The summed E-state index contributed by atoms with van der Waals surface area (Å²) in [5.41, 5.74) is 4.44. The molecule has 7 heteroatoms. The minimum absolute atomic E-state index is 0.188. The molecule has 0 aliphatic carbocycles. The van der Waals surface area contributed by atoms with Gasteiger partial charge >= 0.3 is 0 Å². The Morgan fingerprint density at radius 3 is 2.75 bits per heavy atom. The molecule has 0 atom stereocenters. The van der Waals surface area contributed by atoms with E-state index in [1.165, 1.54) is 0 Å². The fraction of sp³-hybridized carbons (Fsp3) is 0.190. The van der Waals surface area contributed by atoms with Gasteiger partial charge in [-0.15, -0.1) is 0 Å². The summed E-state index contributed by atoms with van der Waals surface area (Å²) in [6.45, 7) is 1.61. The minimum atomic E-state index is 0.188. The van der Waals surface area contributed by atoms with E-state index in [0.29, 0.717) is 12.4 Å². The van der Waals surface area contributed by atoms with Gasteiger partial charge in [0.1, 0.15) is 17.1 Å². The molecule has 0 spiro atoms. The Hall–Kier alpha value is -3.61. The van der Waals surface area contributed by atoms with E-state index in [9.17, 15) is 4.79 Å². The summed E-state index contributed by atoms with van der Waals surface area (Å²) in [5, 5.41) is 3.24. The first-order valence-corrected chi connectivity index (χ1v) is 9.05. The maximum Gasteiger partial charge on any atom is 0.229 e. The largest absolute Gasteiger partial charge is 0.324 e. The van der Waals surface area contributed by atoms with Crippen LogP contribution in [0.4, 0.5) is 11.6 Å². The van der Waals surface area contributed by atoms with Gasteiger partial charge in [-0.3, -0.25) is 4.98 Å². The number of carbonyl (C=O) groups is 1. The number of anilines is 2. The van der Waals surface area contributed by atoms with Gasteiger partial charge < -0.3 is 14.7 Å². The Kier molecular flexibility index (Phi) is 4.80. The van der Waals surface area contributed by atoms with Crippen molar-refractivity contribution in [3.8, 4) is 11.4 Å². The fourth-order valence-electron chi connectivity index (χ4n) is 3.06. The predicted octanol–water partition coefficient (Wildman–Crippen LogP) is 3.69. The number of fused-ring (bicyclic) bond motifs is 1. The van der Waals surface area contributed by atoms with Crippen LogP contribution in [-0.2, 0) is 18.3 Å². The van der Waals surface area contributed by atoms with E-state index in [1.54, 1.807) is 25.5 Å². The number of imidazole rings is 1. The van der Waals surface area contributed by atoms with E-state index in [0.717, 1.165) is 40.2 Å². The van der Waals surface area contributed by atoms with Gasteiger partial charge in [0.05, 0.1) is 6.20 Å². The zero-order chi connectivity index (χ0) is 19.5. The van der Waals surface area contributed by atoms with Gasteiger partial charge in [0.2, 0.25) is 5.95 Å². The number of Topliss-reactive ketones (excluding diaryl/α,β-unsaturated/α-hetero) is 1. The van der Waals surface area contributed by atoms with E-state index in [-0.39, 0.29) is 5.78 Å². The molecule has 140 valence electrons. The molecule has 1 N–H and O–H groups in total. The first-order valence-electron chi connectivity index (χ1n) is 9.05. The number of ketones is 1. The molecule has 0 aliphatic heterocycles. The molecule has 0 bridgehead atoms. The van der Waals surface area contributed by atoms with E-state index < -0.39 is 0 Å². The number of aryl methyl sites for hydroxylation is 2. The number of carbonyl (C=O) groups excluding carboxylic acids is 1. The lowest BCUT2D eigenvalue weighted by Gasteiger charge is -2.07. The maximum absolute atomic E-state index is 11.2. The van der Waals surface area contributed by atoms with Crippen LogP contribution < -0.4 is 5.32 Å². The van der Waals surface area contributed by atoms with Crippen LogP contribution in [0.5, 0.6) is 0 Å². The Morgan fingerprint density at radius 2 is 1.96 bits per heavy atom. The summed E-state index contributed by atoms with van der Waals surface area (Å²) < 4.78 is 1.95. The van der Waals surface area contributed by atoms with Crippen molar-refractivity contribution in [3.63, 3.8) is 0 Å². The van der Waals surface area contributed by atoms with Gasteiger partial charge in [-0.05, 0) is 43.2 Å². The third kappa shape index (κ3) is 3.73. The summed E-state index contributed by atoms with van der Waals surface area (Å²) in [5.74, 6) is 1.50. The van der Waals surface area contributed by atoms with Crippen molar-refractivity contribution in [2.24, 2.45) is 7.05 Å². The van der Waals surface area contributed by atoms with Gasteiger partial charge in [-0.2, -0.15) is 4.98 Å². The van der Waals surface area contributed by atoms with Gasteiger partial charge in [0.15, 0.2) is 5.65 Å². The van der Waals surface area contributed by atoms with Crippen LogP contribution in [0.25, 0.3) is 22.6 Å². The molecular formula is C21H20N6O. The van der Waals surface area contributed by atoms with Crippen molar-refractivity contribution in [1.82, 2.24) is 24.5 Å². The van der Waals surface area contributed by atoms with Crippen LogP contribution in [0, 0.1) is 0 Å². The number of rotatable bonds is 6. The fourth-order valence-corrected chi connectivity index (χ4v) is 3.06. The van der Waals surface area contributed by atoms with Gasteiger partial charge in [0.25, 0.3) is 0 Å². The zero-order valence-corrected chi connectivity index (χ0v) is 15.8. The average molecular weight is 372 g/mol. The van der Waals surface area contributed by atoms with Gasteiger partial charge in [-0.1, -0.05) is 12.1 Å². The number of nitrogens with one attached hydrogen (secondary N) is 1. The van der Waals surface area contributed by atoms with Crippen molar-refractivity contribution in [3.05, 3.63) is 60.6 Å². The van der Waals surface area contributed by atoms with Crippen molar-refractivity contribution < 1.29 is 4.79 Å². The molecule has 0 saturated carbocycles. The molecule has 3 heterocycles. The molecule has 1 aromatic carbocycles. The standard InChI is InChI=1S/C21H20N6O/c1-14(28)6-7-15-4-3-5-17(12-15)24-21-23-13-18-20(26-21)27(2)19(25-18)16-8-10-22-11-9-16/h3-5,8-13H,6-7H2,1-2H3,(H,23,24,26). The second kappa shape index (κ2) is 7.56. The number of nitrogens with zero attached hydrogens (tertiary/aromatic N) is 5. The van der Waals surface area contributed by atoms with E-state index in [1.807, 2.05) is 48.0 Å². The second-order valence-electron chi connectivity index (χ2n) is 6.66. The average Bonchev–Trinajstić information content (AvgIpc) is 3.04. The maximum atomic E-state index is 11.2. The van der Waals surface area contributed by atoms with Crippen LogP contribution in [0.2, 0.25) is 0 Å². The molecule has 0 fully saturated rings. The molecule has 4 rings (SSSR count). The highest BCUT2D eigenvalue weighted by Gasteiger charge is 2.12. The van der Waals surface area contributed by atoms with E-state index in [2.05, 4.69) is 25.3 Å². The van der Waals surface area contributed by atoms with Crippen LogP contribution in [0.15, 0.2) is 55.0 Å². The lowest BCUT2D eigenvalue weighted by atomic mass is 10.1. The summed E-state index contributed by atoms with van der Waals surface area (Å²) >= 11 is 0. The smallest absolute Gasteiger partial charge is 0.229 e. The summed E-state index contributed by atoms with van der Waals surface area (Å²) in [6, 6.07) is 11.8. The number of hydrogen-bond donors (Lipinski definition) is 1. The molecule has 3 aromatic heterocycles. The van der Waals surface area contributed by atoms with Crippen molar-refractivity contribution in [2.45, 2.75) is 19.8 Å². The van der Waals surface area contributed by atoms with Crippen molar-refractivity contribution in [1.29, 1.82) is 0 Å². The van der Waals surface area contributed by atoms with E-state index >= 15 is 0 Å². The Bertz CT molecular complexity index is 1140. The molecule has 0 saturated heterocycles. The first kappa shape index (κ1) is 17.8. The van der Waals surface area contributed by atoms with Crippen LogP contribution in [0.1, 0.15) is 18.9 Å². The molecule has 7 nitrogen and oxygen atoms in total. The van der Waals surface area contributed by atoms with Crippen LogP contribution in [0.3, 0.4) is 0 Å². The highest BCUT2D eigenvalue weighted by Crippen LogP contribution is 2.23. The van der Waals surface area contributed by atoms with Crippen LogP contribution in [-0.4, -0.2) is 30.3 Å². The summed E-state index contributed by atoms with van der Waals surface area (Å²) in [6.07, 6.45) is 6.47. The van der Waals surface area contributed by atoms with E-state index in [4.69, 9.17) is 0 Å². The Balaban J connectivity index is 1.61. The summed E-state index contributed by atoms with van der Waals surface area (Å²) in [7, 11) is 1.93. The van der Waals surface area contributed by atoms with Crippen molar-refractivity contribution in [2.75, 3.05) is 5.32 Å². The third-order valence-corrected chi connectivity index (χ3v) is 4.50. The number of aromatic nitrogens is 5. The predicted molar refractivity (Wildman–Crippen MR) is 108 cm³/mol. The normalized spacial score (nSPS) is 10.9. The molecule has 0 unspecified atom stereocenters. The topological polar surface area (TPSA) is 85.6 Å². The molecule has 0 radical (unpaired) electrons. The highest BCUT2D eigenvalue weighted by atomic mass is 16.1. The minimum Gasteiger partial charge on any atom is -0.324 e. The lowest BCUT2D eigenvalue weighted by Crippen LogP contribution is -2.00. The zero-order valence-electron chi connectivity index (χ0n) is 15.8. The molecule has 0 aliphatic rings. The Morgan fingerprint density at radius 1 is 1.14 bits per heavy atom. The lowest BCUT2D eigenvalue weighted by molar-refractivity contribution is -0.116. The Labute approximate surface area is 162 Å². The number of hydrogen-bond acceptors (Lipinski definition) is 6. The van der Waals surface area contributed by atoms with Crippen LogP contribution >= 0.6 is 0 Å². The number of benzene rings is 1. The highest BCUT2D eigenvalue weighted by molar-refractivity contribution is 5.78. The first-order chi connectivity index (χ1) is 13.6. The molecule has 0 amide bonds. The van der Waals surface area contributed by atoms with Crippen molar-refractivity contribution >= 4 is 28.6 Å². The molecule has 4 aromatic rings. The summed E-state index contributed by atoms with van der Waals surface area (Å²) in [4.78, 5) is 28.9. The SMILES string of the molecule is CC(=O)CCc1cccc(Nc2ncc3nc(-c4ccncc4)n(C)c3n2)c1. The quantitative estimate of drug-likeness (QED) is 0.555. The van der Waals surface area contributed by atoms with Gasteiger partial charge in [-0.25, -0.2) is 9.97 Å². The molecular weight excluding hydrogens is 352 g/mol.